The molecule has 0 bridgehead atoms. The van der Waals surface area contributed by atoms with Crippen molar-refractivity contribution in [1.82, 2.24) is 15.1 Å². The molecule has 1 unspecified atom stereocenters. The lowest BCUT2D eigenvalue weighted by molar-refractivity contribution is -0.133. The molecule has 0 saturated carbocycles. The van der Waals surface area contributed by atoms with Gasteiger partial charge < -0.3 is 15.1 Å². The van der Waals surface area contributed by atoms with E-state index in [1.807, 2.05) is 30.7 Å². The molecule has 0 aromatic carbocycles. The lowest BCUT2D eigenvalue weighted by Crippen LogP contribution is -2.42. The van der Waals surface area contributed by atoms with E-state index in [4.69, 9.17) is 0 Å². The third-order valence-electron chi connectivity index (χ3n) is 4.26. The van der Waals surface area contributed by atoms with E-state index in [2.05, 4.69) is 5.32 Å². The van der Waals surface area contributed by atoms with Crippen LogP contribution in [0, 0.1) is 5.92 Å². The van der Waals surface area contributed by atoms with E-state index in [1.54, 1.807) is 0 Å². The van der Waals surface area contributed by atoms with Gasteiger partial charge in [-0.05, 0) is 52.6 Å². The predicted molar refractivity (Wildman–Crippen MR) is 92.3 cm³/mol. The highest BCUT2D eigenvalue weighted by molar-refractivity contribution is 5.85. The monoisotopic (exact) mass is 333 g/mol. The summed E-state index contributed by atoms with van der Waals surface area (Å²) >= 11 is 0. The molecule has 1 atom stereocenters. The fourth-order valence-electron chi connectivity index (χ4n) is 3.03. The van der Waals surface area contributed by atoms with Gasteiger partial charge in [0.15, 0.2) is 0 Å². The van der Waals surface area contributed by atoms with Crippen LogP contribution in [0.15, 0.2) is 0 Å². The van der Waals surface area contributed by atoms with Crippen molar-refractivity contribution in [1.29, 1.82) is 0 Å². The number of rotatable bonds is 8. The molecule has 6 heteroatoms. The molecule has 0 aromatic rings. The van der Waals surface area contributed by atoms with Gasteiger partial charge in [-0.2, -0.15) is 0 Å². The molecule has 1 aliphatic rings. The van der Waals surface area contributed by atoms with Crippen molar-refractivity contribution in [2.45, 2.75) is 46.0 Å². The molecule has 0 aliphatic carbocycles. The van der Waals surface area contributed by atoms with Crippen LogP contribution >= 0.6 is 12.4 Å². The highest BCUT2D eigenvalue weighted by atomic mass is 35.5. The number of likely N-dealkylation sites (tertiary alicyclic amines) is 1. The smallest absolute Gasteiger partial charge is 0.222 e. The van der Waals surface area contributed by atoms with Crippen molar-refractivity contribution >= 4 is 24.2 Å². The summed E-state index contributed by atoms with van der Waals surface area (Å²) in [5.41, 5.74) is 0. The molecule has 130 valence electrons. The molecule has 1 heterocycles. The zero-order valence-electron chi connectivity index (χ0n) is 14.3. The van der Waals surface area contributed by atoms with Gasteiger partial charge in [-0.3, -0.25) is 9.59 Å². The van der Waals surface area contributed by atoms with Crippen molar-refractivity contribution in [3.05, 3.63) is 0 Å². The van der Waals surface area contributed by atoms with Gasteiger partial charge in [0.25, 0.3) is 0 Å². The number of amides is 2. The number of hydrogen-bond donors (Lipinski definition) is 1. The van der Waals surface area contributed by atoms with E-state index in [-0.39, 0.29) is 24.2 Å². The van der Waals surface area contributed by atoms with Crippen LogP contribution in [0.3, 0.4) is 0 Å². The van der Waals surface area contributed by atoms with E-state index in [0.717, 1.165) is 39.1 Å². The Bertz CT molecular complexity index is 333. The van der Waals surface area contributed by atoms with Crippen LogP contribution in [0.4, 0.5) is 0 Å². The second-order valence-corrected chi connectivity index (χ2v) is 5.83. The summed E-state index contributed by atoms with van der Waals surface area (Å²) in [6.07, 6.45) is 3.95. The SMILES string of the molecule is CCN(CC)C(=O)CCCC(=O)N1CCCC(CNC)C1.Cl. The molecule has 5 nitrogen and oxygen atoms in total. The molecule has 0 radical (unpaired) electrons. The second-order valence-electron chi connectivity index (χ2n) is 5.83. The topological polar surface area (TPSA) is 52.7 Å². The summed E-state index contributed by atoms with van der Waals surface area (Å²) in [5.74, 6) is 0.952. The van der Waals surface area contributed by atoms with Crippen molar-refractivity contribution in [3.8, 4) is 0 Å². The van der Waals surface area contributed by atoms with Gasteiger partial charge >= 0.3 is 0 Å². The van der Waals surface area contributed by atoms with E-state index < -0.39 is 0 Å². The van der Waals surface area contributed by atoms with Gasteiger partial charge in [0.2, 0.25) is 11.8 Å². The quantitative estimate of drug-likeness (QED) is 0.738. The predicted octanol–water partition coefficient (Wildman–Crippen LogP) is 1.90. The molecule has 2 amide bonds. The number of nitrogens with zero attached hydrogens (tertiary/aromatic N) is 2. The van der Waals surface area contributed by atoms with Crippen molar-refractivity contribution in [2.75, 3.05) is 39.8 Å². The van der Waals surface area contributed by atoms with Gasteiger partial charge in [-0.15, -0.1) is 12.4 Å². The Hall–Kier alpha value is -0.810. The zero-order valence-corrected chi connectivity index (χ0v) is 15.1. The minimum atomic E-state index is 0. The third kappa shape index (κ3) is 6.97. The van der Waals surface area contributed by atoms with Crippen LogP contribution in [0.5, 0.6) is 0 Å². The summed E-state index contributed by atoms with van der Waals surface area (Å²) in [4.78, 5) is 27.9. The molecule has 1 rings (SSSR count). The van der Waals surface area contributed by atoms with E-state index >= 15 is 0 Å². The van der Waals surface area contributed by atoms with Gasteiger partial charge in [0, 0.05) is 39.0 Å². The minimum absolute atomic E-state index is 0. The van der Waals surface area contributed by atoms with Gasteiger partial charge in [-0.1, -0.05) is 0 Å². The highest BCUT2D eigenvalue weighted by Crippen LogP contribution is 2.17. The minimum Gasteiger partial charge on any atom is -0.343 e. The summed E-state index contributed by atoms with van der Waals surface area (Å²) in [7, 11) is 1.96. The third-order valence-corrected chi connectivity index (χ3v) is 4.26. The first-order chi connectivity index (χ1) is 10.1. The summed E-state index contributed by atoms with van der Waals surface area (Å²) < 4.78 is 0. The summed E-state index contributed by atoms with van der Waals surface area (Å²) in [5, 5.41) is 3.19. The first-order valence-corrected chi connectivity index (χ1v) is 8.32. The Morgan fingerprint density at radius 1 is 1.23 bits per heavy atom. The molecular weight excluding hydrogens is 302 g/mol. The fourth-order valence-corrected chi connectivity index (χ4v) is 3.03. The first kappa shape index (κ1) is 21.2. The van der Waals surface area contributed by atoms with Gasteiger partial charge in [0.1, 0.15) is 0 Å². The Kier molecular flexibility index (Phi) is 11.3. The average Bonchev–Trinajstić information content (AvgIpc) is 2.49. The maximum Gasteiger partial charge on any atom is 0.222 e. The molecule has 1 fully saturated rings. The molecule has 22 heavy (non-hydrogen) atoms. The van der Waals surface area contributed by atoms with Gasteiger partial charge in [0.05, 0.1) is 0 Å². The lowest BCUT2D eigenvalue weighted by atomic mass is 9.97. The normalized spacial score (nSPS) is 17.8. The van der Waals surface area contributed by atoms with E-state index in [1.165, 1.54) is 6.42 Å². The maximum atomic E-state index is 12.2. The molecule has 1 aliphatic heterocycles. The number of piperidine rings is 1. The van der Waals surface area contributed by atoms with Gasteiger partial charge in [-0.25, -0.2) is 0 Å². The number of carbonyl (C=O) groups is 2. The van der Waals surface area contributed by atoms with Crippen molar-refractivity contribution in [2.24, 2.45) is 5.92 Å². The number of carbonyl (C=O) groups excluding carboxylic acids is 2. The molecule has 1 saturated heterocycles. The van der Waals surface area contributed by atoms with Crippen LogP contribution in [0.1, 0.15) is 46.0 Å². The largest absolute Gasteiger partial charge is 0.343 e. The summed E-state index contributed by atoms with van der Waals surface area (Å²) in [6, 6.07) is 0. The maximum absolute atomic E-state index is 12.2. The van der Waals surface area contributed by atoms with E-state index in [9.17, 15) is 9.59 Å². The number of nitrogens with one attached hydrogen (secondary N) is 1. The van der Waals surface area contributed by atoms with Crippen LogP contribution in [-0.4, -0.2) is 61.4 Å². The zero-order chi connectivity index (χ0) is 15.7. The molecular formula is C16H32ClN3O2. The first-order valence-electron chi connectivity index (χ1n) is 8.32. The van der Waals surface area contributed by atoms with Crippen LogP contribution < -0.4 is 5.32 Å². The Labute approximate surface area is 141 Å². The van der Waals surface area contributed by atoms with Crippen molar-refractivity contribution < 1.29 is 9.59 Å². The van der Waals surface area contributed by atoms with Crippen LogP contribution in [-0.2, 0) is 9.59 Å². The second kappa shape index (κ2) is 11.7. The standard InChI is InChI=1S/C16H31N3O2.ClH/c1-4-18(5-2)15(20)9-6-10-16(21)19-11-7-8-14(13-19)12-17-3;/h14,17H,4-13H2,1-3H3;1H. The Balaban J connectivity index is 0.00000441. The Morgan fingerprint density at radius 3 is 2.50 bits per heavy atom. The fraction of sp³-hybridized carbons (Fsp3) is 0.875. The Morgan fingerprint density at radius 2 is 1.91 bits per heavy atom. The highest BCUT2D eigenvalue weighted by Gasteiger charge is 2.23. The average molecular weight is 334 g/mol. The number of hydrogen-bond acceptors (Lipinski definition) is 3. The summed E-state index contributed by atoms with van der Waals surface area (Å²) in [6.45, 7) is 8.20. The lowest BCUT2D eigenvalue weighted by Gasteiger charge is -2.32. The van der Waals surface area contributed by atoms with E-state index in [0.29, 0.717) is 25.2 Å². The van der Waals surface area contributed by atoms with Crippen LogP contribution in [0.2, 0.25) is 0 Å². The van der Waals surface area contributed by atoms with Crippen molar-refractivity contribution in [3.63, 3.8) is 0 Å². The molecule has 0 aromatic heterocycles. The molecule has 1 N–H and O–H groups in total. The number of halogens is 1. The van der Waals surface area contributed by atoms with Crippen LogP contribution in [0.25, 0.3) is 0 Å². The molecule has 0 spiro atoms.